The number of ether oxygens (including phenoxy) is 2. The molecule has 0 radical (unpaired) electrons. The van der Waals surface area contributed by atoms with Gasteiger partial charge in [-0.2, -0.15) is 18.4 Å². The molecule has 1 aliphatic heterocycles. The topological polar surface area (TPSA) is 62.6 Å². The maximum atomic E-state index is 13.1. The standard InChI is InChI=1S/C22H21F3N2O3/c1-21(2,3)30-20(28)27-12-17(13-27)29-19-8-7-14(11-26)9-18(19)15-5-4-6-16(10-15)22(23,24)25/h4-10,17H,12-13H2,1-3H3. The molecule has 0 aromatic heterocycles. The molecule has 0 spiro atoms. The van der Waals surface area contributed by atoms with Crippen molar-refractivity contribution in [2.45, 2.75) is 38.7 Å². The Kier molecular flexibility index (Phi) is 5.66. The van der Waals surface area contributed by atoms with E-state index >= 15 is 0 Å². The number of nitriles is 1. The smallest absolute Gasteiger partial charge is 0.416 e. The van der Waals surface area contributed by atoms with Gasteiger partial charge in [-0.3, -0.25) is 0 Å². The summed E-state index contributed by atoms with van der Waals surface area (Å²) in [6.45, 7) is 5.93. The summed E-state index contributed by atoms with van der Waals surface area (Å²) in [7, 11) is 0. The van der Waals surface area contributed by atoms with E-state index in [-0.39, 0.29) is 6.10 Å². The SMILES string of the molecule is CC(C)(C)OC(=O)N1CC(Oc2ccc(C#N)cc2-c2cccc(C(F)(F)F)c2)C1. The second-order valence-electron chi connectivity index (χ2n) is 8.03. The number of carbonyl (C=O) groups excluding carboxylic acids is 1. The molecule has 1 saturated heterocycles. The van der Waals surface area contributed by atoms with Gasteiger partial charge in [0.15, 0.2) is 0 Å². The van der Waals surface area contributed by atoms with Crippen molar-refractivity contribution in [3.63, 3.8) is 0 Å². The average molecular weight is 418 g/mol. The van der Waals surface area contributed by atoms with Gasteiger partial charge in [-0.1, -0.05) is 12.1 Å². The predicted molar refractivity (Wildman–Crippen MR) is 104 cm³/mol. The van der Waals surface area contributed by atoms with Gasteiger partial charge in [0.05, 0.1) is 30.3 Å². The first kappa shape index (κ1) is 21.5. The third-order valence-electron chi connectivity index (χ3n) is 4.40. The first-order chi connectivity index (χ1) is 14.0. The van der Waals surface area contributed by atoms with Crippen LogP contribution in [0.3, 0.4) is 0 Å². The van der Waals surface area contributed by atoms with Crippen molar-refractivity contribution in [1.29, 1.82) is 5.26 Å². The average Bonchev–Trinajstić information content (AvgIpc) is 2.62. The lowest BCUT2D eigenvalue weighted by molar-refractivity contribution is -0.137. The van der Waals surface area contributed by atoms with Crippen LogP contribution in [0.4, 0.5) is 18.0 Å². The molecule has 1 heterocycles. The molecule has 0 unspecified atom stereocenters. The molecule has 30 heavy (non-hydrogen) atoms. The fourth-order valence-corrected chi connectivity index (χ4v) is 2.96. The van der Waals surface area contributed by atoms with Crippen molar-refractivity contribution in [1.82, 2.24) is 4.90 Å². The summed E-state index contributed by atoms with van der Waals surface area (Å²) in [5.74, 6) is 0.349. The quantitative estimate of drug-likeness (QED) is 0.684. The number of nitrogens with zero attached hydrogens (tertiary/aromatic N) is 2. The minimum Gasteiger partial charge on any atom is -0.486 e. The van der Waals surface area contributed by atoms with Gasteiger partial charge >= 0.3 is 12.3 Å². The fraction of sp³-hybridized carbons (Fsp3) is 0.364. The fourth-order valence-electron chi connectivity index (χ4n) is 2.96. The third-order valence-corrected chi connectivity index (χ3v) is 4.40. The van der Waals surface area contributed by atoms with Crippen LogP contribution in [-0.4, -0.2) is 35.8 Å². The molecular formula is C22H21F3N2O3. The highest BCUT2D eigenvalue weighted by atomic mass is 19.4. The number of carbonyl (C=O) groups is 1. The number of likely N-dealkylation sites (tertiary alicyclic amines) is 1. The maximum absolute atomic E-state index is 13.1. The Balaban J connectivity index is 1.80. The molecule has 2 aromatic rings. The summed E-state index contributed by atoms with van der Waals surface area (Å²) >= 11 is 0. The van der Waals surface area contributed by atoms with Crippen LogP contribution in [0, 0.1) is 11.3 Å². The van der Waals surface area contributed by atoms with Crippen LogP contribution in [0.25, 0.3) is 11.1 Å². The molecule has 1 aliphatic rings. The minimum atomic E-state index is -4.48. The van der Waals surface area contributed by atoms with Crippen LogP contribution in [0.5, 0.6) is 5.75 Å². The van der Waals surface area contributed by atoms with E-state index in [4.69, 9.17) is 9.47 Å². The van der Waals surface area contributed by atoms with E-state index in [9.17, 15) is 23.2 Å². The van der Waals surface area contributed by atoms with Gasteiger partial charge in [0.2, 0.25) is 0 Å². The highest BCUT2D eigenvalue weighted by Gasteiger charge is 2.36. The summed E-state index contributed by atoms with van der Waals surface area (Å²) in [6.07, 6.45) is -5.25. The molecular weight excluding hydrogens is 397 g/mol. The summed E-state index contributed by atoms with van der Waals surface area (Å²) in [5, 5.41) is 9.18. The monoisotopic (exact) mass is 418 g/mol. The number of hydrogen-bond donors (Lipinski definition) is 0. The van der Waals surface area contributed by atoms with E-state index in [2.05, 4.69) is 0 Å². The second kappa shape index (κ2) is 7.90. The Bertz CT molecular complexity index is 984. The van der Waals surface area contributed by atoms with Crippen LogP contribution in [0.2, 0.25) is 0 Å². The van der Waals surface area contributed by atoms with E-state index < -0.39 is 23.4 Å². The van der Waals surface area contributed by atoms with Crippen LogP contribution in [0.15, 0.2) is 42.5 Å². The lowest BCUT2D eigenvalue weighted by Crippen LogP contribution is -2.57. The van der Waals surface area contributed by atoms with Crippen molar-refractivity contribution >= 4 is 6.09 Å². The lowest BCUT2D eigenvalue weighted by atomic mass is 9.99. The first-order valence-corrected chi connectivity index (χ1v) is 9.32. The van der Waals surface area contributed by atoms with E-state index in [1.807, 2.05) is 6.07 Å². The van der Waals surface area contributed by atoms with Gasteiger partial charge < -0.3 is 14.4 Å². The van der Waals surface area contributed by atoms with E-state index in [0.29, 0.717) is 35.5 Å². The van der Waals surface area contributed by atoms with Crippen LogP contribution in [0.1, 0.15) is 31.9 Å². The molecule has 8 heteroatoms. The predicted octanol–water partition coefficient (Wildman–Crippen LogP) is 5.24. The minimum absolute atomic E-state index is 0.292. The van der Waals surface area contributed by atoms with Crippen molar-refractivity contribution in [3.05, 3.63) is 53.6 Å². The third kappa shape index (κ3) is 5.03. The summed E-state index contributed by atoms with van der Waals surface area (Å²) < 4.78 is 50.5. The normalized spacial score (nSPS) is 14.6. The van der Waals surface area contributed by atoms with Crippen molar-refractivity contribution in [2.24, 2.45) is 0 Å². The number of benzene rings is 2. The Morgan fingerprint density at radius 1 is 1.13 bits per heavy atom. The zero-order valence-electron chi connectivity index (χ0n) is 16.8. The van der Waals surface area contributed by atoms with Gasteiger partial charge in [-0.15, -0.1) is 0 Å². The van der Waals surface area contributed by atoms with Crippen LogP contribution < -0.4 is 4.74 Å². The molecule has 3 rings (SSSR count). The lowest BCUT2D eigenvalue weighted by Gasteiger charge is -2.39. The molecule has 2 aromatic carbocycles. The number of rotatable bonds is 3. The molecule has 5 nitrogen and oxygen atoms in total. The molecule has 0 N–H and O–H groups in total. The van der Waals surface area contributed by atoms with Crippen LogP contribution >= 0.6 is 0 Å². The highest BCUT2D eigenvalue weighted by molar-refractivity contribution is 5.73. The van der Waals surface area contributed by atoms with Gasteiger partial charge in [0.25, 0.3) is 0 Å². The zero-order valence-corrected chi connectivity index (χ0v) is 16.8. The zero-order chi connectivity index (χ0) is 22.1. The summed E-state index contributed by atoms with van der Waals surface area (Å²) in [4.78, 5) is 13.5. The Morgan fingerprint density at radius 2 is 1.83 bits per heavy atom. The van der Waals surface area contributed by atoms with Gasteiger partial charge in [-0.25, -0.2) is 4.79 Å². The van der Waals surface area contributed by atoms with E-state index in [1.165, 1.54) is 29.2 Å². The number of amides is 1. The van der Waals surface area contributed by atoms with Crippen LogP contribution in [-0.2, 0) is 10.9 Å². The van der Waals surface area contributed by atoms with E-state index in [0.717, 1.165) is 12.1 Å². The van der Waals surface area contributed by atoms with Gasteiger partial charge in [0, 0.05) is 5.56 Å². The molecule has 158 valence electrons. The number of hydrogen-bond acceptors (Lipinski definition) is 4. The number of alkyl halides is 3. The molecule has 1 amide bonds. The largest absolute Gasteiger partial charge is 0.486 e. The van der Waals surface area contributed by atoms with Gasteiger partial charge in [-0.05, 0) is 56.7 Å². The molecule has 0 atom stereocenters. The second-order valence-corrected chi connectivity index (χ2v) is 8.03. The molecule has 0 bridgehead atoms. The Labute approximate surface area is 172 Å². The van der Waals surface area contributed by atoms with Crippen molar-refractivity contribution < 1.29 is 27.4 Å². The summed E-state index contributed by atoms with van der Waals surface area (Å²) in [5.41, 5.74) is -0.407. The maximum Gasteiger partial charge on any atom is 0.416 e. The summed E-state index contributed by atoms with van der Waals surface area (Å²) in [6, 6.07) is 11.4. The molecule has 1 fully saturated rings. The van der Waals surface area contributed by atoms with Crippen molar-refractivity contribution in [2.75, 3.05) is 13.1 Å². The highest BCUT2D eigenvalue weighted by Crippen LogP contribution is 2.37. The number of halogens is 3. The van der Waals surface area contributed by atoms with Crippen molar-refractivity contribution in [3.8, 4) is 22.9 Å². The van der Waals surface area contributed by atoms with E-state index in [1.54, 1.807) is 26.8 Å². The molecule has 0 saturated carbocycles. The first-order valence-electron chi connectivity index (χ1n) is 9.32. The Hall–Kier alpha value is -3.21. The Morgan fingerprint density at radius 3 is 2.43 bits per heavy atom. The van der Waals surface area contributed by atoms with Gasteiger partial charge in [0.1, 0.15) is 17.5 Å². The molecule has 0 aliphatic carbocycles.